The van der Waals surface area contributed by atoms with Gasteiger partial charge in [0.2, 0.25) is 0 Å². The van der Waals surface area contributed by atoms with Gasteiger partial charge in [-0.15, -0.1) is 0 Å². The molecule has 0 saturated carbocycles. The predicted octanol–water partition coefficient (Wildman–Crippen LogP) is 4.41. The molecule has 134 valence electrons. The SMILES string of the molecule is Nc1ccc([N+](=O)[O-])cc1/C(=N\C(=S)Nc1ccccc1)c1ccccc1. The Morgan fingerprint density at radius 3 is 2.26 bits per heavy atom. The number of nitrogen functional groups attached to an aromatic ring is 1. The summed E-state index contributed by atoms with van der Waals surface area (Å²) in [6.45, 7) is 0. The Balaban J connectivity index is 2.06. The van der Waals surface area contributed by atoms with Crippen molar-refractivity contribution < 1.29 is 4.92 Å². The Hall–Kier alpha value is -3.58. The minimum absolute atomic E-state index is 0.0650. The smallest absolute Gasteiger partial charge is 0.270 e. The third-order valence-corrected chi connectivity index (χ3v) is 3.98. The third kappa shape index (κ3) is 4.53. The fourth-order valence-corrected chi connectivity index (χ4v) is 2.72. The molecule has 0 heterocycles. The van der Waals surface area contributed by atoms with E-state index in [0.717, 1.165) is 11.3 Å². The molecule has 0 aromatic heterocycles. The highest BCUT2D eigenvalue weighted by molar-refractivity contribution is 7.80. The average molecular weight is 376 g/mol. The molecular formula is C20H16N4O2S. The van der Waals surface area contributed by atoms with E-state index >= 15 is 0 Å². The summed E-state index contributed by atoms with van der Waals surface area (Å²) in [6.07, 6.45) is 0. The molecule has 27 heavy (non-hydrogen) atoms. The maximum Gasteiger partial charge on any atom is 0.270 e. The van der Waals surface area contributed by atoms with Crippen LogP contribution in [0.5, 0.6) is 0 Å². The van der Waals surface area contributed by atoms with Crippen LogP contribution in [0.25, 0.3) is 0 Å². The van der Waals surface area contributed by atoms with Gasteiger partial charge in [-0.3, -0.25) is 10.1 Å². The number of thiocarbonyl (C=S) groups is 1. The van der Waals surface area contributed by atoms with E-state index in [9.17, 15) is 10.1 Å². The van der Waals surface area contributed by atoms with Crippen molar-refractivity contribution in [3.05, 3.63) is 100 Å². The minimum atomic E-state index is -0.466. The van der Waals surface area contributed by atoms with Gasteiger partial charge in [-0.2, -0.15) is 0 Å². The summed E-state index contributed by atoms with van der Waals surface area (Å²) in [4.78, 5) is 15.2. The molecule has 7 heteroatoms. The summed E-state index contributed by atoms with van der Waals surface area (Å²) in [6, 6.07) is 22.9. The Kier molecular flexibility index (Phi) is 5.53. The fourth-order valence-electron chi connectivity index (χ4n) is 2.51. The Labute approximate surface area is 161 Å². The van der Waals surface area contributed by atoms with Crippen LogP contribution in [-0.2, 0) is 0 Å². The first-order valence-electron chi connectivity index (χ1n) is 8.09. The van der Waals surface area contributed by atoms with E-state index in [-0.39, 0.29) is 10.8 Å². The van der Waals surface area contributed by atoms with E-state index in [0.29, 0.717) is 17.0 Å². The maximum atomic E-state index is 11.2. The molecule has 0 aliphatic heterocycles. The summed E-state index contributed by atoms with van der Waals surface area (Å²) < 4.78 is 0. The van der Waals surface area contributed by atoms with Crippen LogP contribution in [0.1, 0.15) is 11.1 Å². The Bertz CT molecular complexity index is 1010. The van der Waals surface area contributed by atoms with E-state index in [2.05, 4.69) is 10.3 Å². The number of hydrogen-bond acceptors (Lipinski definition) is 4. The highest BCUT2D eigenvalue weighted by Crippen LogP contribution is 2.23. The van der Waals surface area contributed by atoms with Gasteiger partial charge in [-0.25, -0.2) is 4.99 Å². The van der Waals surface area contributed by atoms with Crippen LogP contribution in [0, 0.1) is 10.1 Å². The monoisotopic (exact) mass is 376 g/mol. The van der Waals surface area contributed by atoms with Gasteiger partial charge in [0, 0.05) is 34.6 Å². The van der Waals surface area contributed by atoms with Crippen molar-refractivity contribution in [1.82, 2.24) is 0 Å². The Morgan fingerprint density at radius 2 is 1.63 bits per heavy atom. The number of hydrogen-bond donors (Lipinski definition) is 2. The number of benzene rings is 3. The predicted molar refractivity (Wildman–Crippen MR) is 112 cm³/mol. The van der Waals surface area contributed by atoms with E-state index in [1.54, 1.807) is 0 Å². The van der Waals surface area contributed by atoms with Crippen molar-refractivity contribution in [3.63, 3.8) is 0 Å². The molecular weight excluding hydrogens is 360 g/mol. The van der Waals surface area contributed by atoms with Crippen molar-refractivity contribution in [2.75, 3.05) is 11.1 Å². The number of para-hydroxylation sites is 1. The second kappa shape index (κ2) is 8.20. The van der Waals surface area contributed by atoms with Crippen LogP contribution in [0.4, 0.5) is 17.1 Å². The zero-order chi connectivity index (χ0) is 19.2. The zero-order valence-electron chi connectivity index (χ0n) is 14.2. The molecule has 6 nitrogen and oxygen atoms in total. The van der Waals surface area contributed by atoms with Crippen LogP contribution in [0.3, 0.4) is 0 Å². The number of nitro benzene ring substituents is 1. The lowest BCUT2D eigenvalue weighted by molar-refractivity contribution is -0.384. The molecule has 0 atom stereocenters. The first-order valence-corrected chi connectivity index (χ1v) is 8.50. The molecule has 0 radical (unpaired) electrons. The lowest BCUT2D eigenvalue weighted by Gasteiger charge is -2.11. The molecule has 3 rings (SSSR count). The summed E-state index contributed by atoms with van der Waals surface area (Å²) in [5, 5.41) is 14.4. The van der Waals surface area contributed by atoms with Crippen molar-refractivity contribution in [2.45, 2.75) is 0 Å². The van der Waals surface area contributed by atoms with Crippen molar-refractivity contribution in [3.8, 4) is 0 Å². The average Bonchev–Trinajstić information content (AvgIpc) is 2.68. The van der Waals surface area contributed by atoms with Gasteiger partial charge in [-0.1, -0.05) is 48.5 Å². The van der Waals surface area contributed by atoms with Crippen LogP contribution in [0.2, 0.25) is 0 Å². The van der Waals surface area contributed by atoms with E-state index < -0.39 is 4.92 Å². The van der Waals surface area contributed by atoms with Gasteiger partial charge in [0.05, 0.1) is 10.6 Å². The molecule has 0 aliphatic carbocycles. The molecule has 0 fully saturated rings. The quantitative estimate of drug-likeness (QED) is 0.231. The van der Waals surface area contributed by atoms with Gasteiger partial charge in [0.25, 0.3) is 5.69 Å². The standard InChI is InChI=1S/C20H16N4O2S/c21-18-12-11-16(24(25)26)13-17(18)19(14-7-3-1-4-8-14)23-20(27)22-15-9-5-2-6-10-15/h1-13H,21H2,(H,22,27)/b23-19-. The van der Waals surface area contributed by atoms with E-state index in [1.807, 2.05) is 60.7 Å². The number of rotatable bonds is 4. The molecule has 3 aromatic carbocycles. The second-order valence-corrected chi connectivity index (χ2v) is 6.04. The normalized spacial score (nSPS) is 11.0. The van der Waals surface area contributed by atoms with Gasteiger partial charge in [-0.05, 0) is 30.4 Å². The number of nitrogens with two attached hydrogens (primary N) is 1. The molecule has 0 unspecified atom stereocenters. The molecule has 0 bridgehead atoms. The first kappa shape index (κ1) is 18.2. The molecule has 0 spiro atoms. The summed E-state index contributed by atoms with van der Waals surface area (Å²) in [7, 11) is 0. The topological polar surface area (TPSA) is 93.5 Å². The molecule has 3 aromatic rings. The van der Waals surface area contributed by atoms with Gasteiger partial charge >= 0.3 is 0 Å². The Morgan fingerprint density at radius 1 is 1.00 bits per heavy atom. The number of anilines is 2. The summed E-state index contributed by atoms with van der Waals surface area (Å²) >= 11 is 5.37. The lowest BCUT2D eigenvalue weighted by Crippen LogP contribution is -2.14. The number of non-ortho nitro benzene ring substituents is 1. The largest absolute Gasteiger partial charge is 0.398 e. The highest BCUT2D eigenvalue weighted by atomic mass is 32.1. The van der Waals surface area contributed by atoms with Crippen LogP contribution >= 0.6 is 12.2 Å². The fraction of sp³-hybridized carbons (Fsp3) is 0. The van der Waals surface area contributed by atoms with Gasteiger partial charge in [0.15, 0.2) is 5.11 Å². The number of aliphatic imine (C=N–C) groups is 1. The second-order valence-electron chi connectivity index (χ2n) is 5.65. The van der Waals surface area contributed by atoms with Crippen LogP contribution < -0.4 is 11.1 Å². The van der Waals surface area contributed by atoms with Crippen LogP contribution in [0.15, 0.2) is 83.9 Å². The van der Waals surface area contributed by atoms with E-state index in [4.69, 9.17) is 18.0 Å². The minimum Gasteiger partial charge on any atom is -0.398 e. The van der Waals surface area contributed by atoms with Crippen LogP contribution in [-0.4, -0.2) is 15.7 Å². The van der Waals surface area contributed by atoms with Crippen molar-refractivity contribution >= 4 is 40.1 Å². The van der Waals surface area contributed by atoms with Gasteiger partial charge < -0.3 is 11.1 Å². The maximum absolute atomic E-state index is 11.2. The highest BCUT2D eigenvalue weighted by Gasteiger charge is 2.16. The molecule has 0 saturated heterocycles. The number of nitrogens with one attached hydrogen (secondary N) is 1. The number of nitro groups is 1. The van der Waals surface area contributed by atoms with Crippen molar-refractivity contribution in [1.29, 1.82) is 0 Å². The zero-order valence-corrected chi connectivity index (χ0v) is 15.0. The van der Waals surface area contributed by atoms with E-state index in [1.165, 1.54) is 18.2 Å². The first-order chi connectivity index (χ1) is 13.0. The third-order valence-electron chi connectivity index (χ3n) is 3.79. The van der Waals surface area contributed by atoms with Crippen molar-refractivity contribution in [2.24, 2.45) is 4.99 Å². The van der Waals surface area contributed by atoms with Gasteiger partial charge in [0.1, 0.15) is 0 Å². The number of nitrogens with zero attached hydrogens (tertiary/aromatic N) is 2. The summed E-state index contributed by atoms with van der Waals surface area (Å²) in [5.74, 6) is 0. The lowest BCUT2D eigenvalue weighted by atomic mass is 10.00. The molecule has 0 aliphatic rings. The molecule has 0 amide bonds. The molecule has 3 N–H and O–H groups in total. The summed E-state index contributed by atoms with van der Waals surface area (Å²) in [5.41, 5.74) is 8.87.